The molecule has 1 aromatic carbocycles. The van der Waals surface area contributed by atoms with Crippen molar-refractivity contribution < 1.29 is 23.9 Å². The van der Waals surface area contributed by atoms with Gasteiger partial charge in [0.05, 0.1) is 12.0 Å². The summed E-state index contributed by atoms with van der Waals surface area (Å²) in [6.07, 6.45) is 6.79. The van der Waals surface area contributed by atoms with E-state index >= 15 is 0 Å². The van der Waals surface area contributed by atoms with E-state index < -0.39 is 11.1 Å². The fourth-order valence-corrected chi connectivity index (χ4v) is 4.03. The number of carbonyl (C=O) groups excluding carboxylic acids is 3. The van der Waals surface area contributed by atoms with Crippen molar-refractivity contribution in [1.82, 2.24) is 9.80 Å². The van der Waals surface area contributed by atoms with Crippen molar-refractivity contribution in [3.05, 3.63) is 28.7 Å². The molecule has 1 heterocycles. The van der Waals surface area contributed by atoms with Gasteiger partial charge in [-0.05, 0) is 63.2 Å². The predicted octanol–water partition coefficient (Wildman–Crippen LogP) is 3.39. The maximum Gasteiger partial charge on any atom is 0.294 e. The lowest BCUT2D eigenvalue weighted by Crippen LogP contribution is -2.48. The van der Waals surface area contributed by atoms with E-state index in [1.807, 2.05) is 27.7 Å². The van der Waals surface area contributed by atoms with E-state index in [0.29, 0.717) is 17.1 Å². The van der Waals surface area contributed by atoms with Crippen LogP contribution in [0.4, 0.5) is 4.79 Å². The van der Waals surface area contributed by atoms with Gasteiger partial charge in [-0.25, -0.2) is 0 Å². The van der Waals surface area contributed by atoms with Crippen LogP contribution in [0.2, 0.25) is 0 Å². The first kappa shape index (κ1) is 23.4. The second kappa shape index (κ2) is 10.2. The third kappa shape index (κ3) is 5.36. The highest BCUT2D eigenvalue weighted by molar-refractivity contribution is 8.18. The Morgan fingerprint density at radius 1 is 1.23 bits per heavy atom. The second-order valence-corrected chi connectivity index (χ2v) is 8.15. The summed E-state index contributed by atoms with van der Waals surface area (Å²) in [5, 5.41) is -0.465. The van der Waals surface area contributed by atoms with Gasteiger partial charge in [0.15, 0.2) is 11.5 Å². The summed E-state index contributed by atoms with van der Waals surface area (Å²) in [7, 11) is 1.50. The lowest BCUT2D eigenvalue weighted by Gasteiger charge is -2.31. The van der Waals surface area contributed by atoms with Crippen LogP contribution in [0, 0.1) is 12.3 Å². The van der Waals surface area contributed by atoms with Crippen LogP contribution in [0.25, 0.3) is 6.08 Å². The Balaban J connectivity index is 2.20. The van der Waals surface area contributed by atoms with Crippen LogP contribution in [-0.4, -0.2) is 59.2 Å². The van der Waals surface area contributed by atoms with Crippen LogP contribution in [0.15, 0.2) is 23.1 Å². The molecule has 160 valence electrons. The normalized spacial score (nSPS) is 15.1. The van der Waals surface area contributed by atoms with Gasteiger partial charge in [0.25, 0.3) is 11.1 Å². The van der Waals surface area contributed by atoms with Gasteiger partial charge in [0.1, 0.15) is 13.2 Å². The van der Waals surface area contributed by atoms with E-state index in [0.717, 1.165) is 16.7 Å². The zero-order valence-electron chi connectivity index (χ0n) is 17.8. The van der Waals surface area contributed by atoms with E-state index in [4.69, 9.17) is 15.9 Å². The van der Waals surface area contributed by atoms with E-state index in [9.17, 15) is 14.4 Å². The number of hydrogen-bond donors (Lipinski definition) is 0. The van der Waals surface area contributed by atoms with Crippen molar-refractivity contribution in [2.24, 2.45) is 0 Å². The lowest BCUT2D eigenvalue weighted by molar-refractivity contribution is -0.138. The standard InChI is InChI=1S/C22H26N2O5S/c1-7-10-29-17-9-8-16(11-18(17)28-6)12-19-21(26)23(22(27)30-19)13-20(25)24(14(2)3)15(4)5/h1,8-9,11-12,14-15H,10,13H2,2-6H3/b19-12-. The van der Waals surface area contributed by atoms with Gasteiger partial charge in [-0.15, -0.1) is 6.42 Å². The minimum atomic E-state index is -0.488. The monoisotopic (exact) mass is 430 g/mol. The zero-order chi connectivity index (χ0) is 22.4. The lowest BCUT2D eigenvalue weighted by atomic mass is 10.2. The highest BCUT2D eigenvalue weighted by Gasteiger charge is 2.37. The SMILES string of the molecule is C#CCOc1ccc(/C=C2\SC(=O)N(CC(=O)N(C(C)C)C(C)C)C2=O)cc1OC. The Morgan fingerprint density at radius 3 is 2.47 bits per heavy atom. The van der Waals surface area contributed by atoms with Crippen LogP contribution in [0.5, 0.6) is 11.5 Å². The van der Waals surface area contributed by atoms with Gasteiger partial charge in [-0.2, -0.15) is 0 Å². The van der Waals surface area contributed by atoms with Gasteiger partial charge in [-0.1, -0.05) is 12.0 Å². The number of amides is 3. The van der Waals surface area contributed by atoms with Crippen LogP contribution < -0.4 is 9.47 Å². The molecule has 3 amide bonds. The van der Waals surface area contributed by atoms with Crippen molar-refractivity contribution in [1.29, 1.82) is 0 Å². The summed E-state index contributed by atoms with van der Waals surface area (Å²) in [6, 6.07) is 5.03. The number of nitrogens with zero attached hydrogens (tertiary/aromatic N) is 2. The van der Waals surface area contributed by atoms with Gasteiger partial charge >= 0.3 is 0 Å². The number of ether oxygens (including phenoxy) is 2. The number of hydrogen-bond acceptors (Lipinski definition) is 6. The summed E-state index contributed by atoms with van der Waals surface area (Å²) in [6.45, 7) is 7.42. The number of rotatable bonds is 8. The zero-order valence-corrected chi connectivity index (χ0v) is 18.6. The maximum absolute atomic E-state index is 12.7. The first-order chi connectivity index (χ1) is 14.2. The molecule has 0 saturated carbocycles. The molecule has 1 saturated heterocycles. The number of terminal acetylenes is 1. The van der Waals surface area contributed by atoms with Crippen LogP contribution in [0.3, 0.4) is 0 Å². The van der Waals surface area contributed by atoms with Crippen molar-refractivity contribution >= 4 is 34.9 Å². The smallest absolute Gasteiger partial charge is 0.294 e. The van der Waals surface area contributed by atoms with Gasteiger partial charge in [0, 0.05) is 12.1 Å². The quantitative estimate of drug-likeness (QED) is 0.465. The fraction of sp³-hybridized carbons (Fsp3) is 0.409. The largest absolute Gasteiger partial charge is 0.493 e. The van der Waals surface area contributed by atoms with Gasteiger partial charge < -0.3 is 14.4 Å². The number of methoxy groups -OCH3 is 1. The Labute approximate surface area is 181 Å². The molecule has 1 aliphatic rings. The third-order valence-corrected chi connectivity index (χ3v) is 5.27. The summed E-state index contributed by atoms with van der Waals surface area (Å²) in [5.74, 6) is 2.57. The first-order valence-corrected chi connectivity index (χ1v) is 10.3. The molecule has 0 unspecified atom stereocenters. The summed E-state index contributed by atoms with van der Waals surface area (Å²) in [5.41, 5.74) is 0.655. The Kier molecular flexibility index (Phi) is 7.95. The molecule has 0 spiro atoms. The molecule has 0 N–H and O–H groups in total. The van der Waals surface area contributed by atoms with Gasteiger partial charge in [0.2, 0.25) is 5.91 Å². The minimum absolute atomic E-state index is 0.0318. The van der Waals surface area contributed by atoms with Crippen molar-refractivity contribution in [3.8, 4) is 23.8 Å². The molecule has 0 bridgehead atoms. The average Bonchev–Trinajstić information content (AvgIpc) is 2.93. The highest BCUT2D eigenvalue weighted by atomic mass is 32.2. The summed E-state index contributed by atoms with van der Waals surface area (Å²) >= 11 is 0.808. The maximum atomic E-state index is 12.7. The number of thioether (sulfide) groups is 1. The molecule has 0 atom stereocenters. The third-order valence-electron chi connectivity index (χ3n) is 4.36. The number of benzene rings is 1. The van der Waals surface area contributed by atoms with E-state index in [2.05, 4.69) is 5.92 Å². The minimum Gasteiger partial charge on any atom is -0.493 e. The Bertz CT molecular complexity index is 893. The topological polar surface area (TPSA) is 76.2 Å². The van der Waals surface area contributed by atoms with Crippen LogP contribution in [-0.2, 0) is 9.59 Å². The Hall–Kier alpha value is -2.92. The van der Waals surface area contributed by atoms with E-state index in [1.54, 1.807) is 29.2 Å². The summed E-state index contributed by atoms with van der Waals surface area (Å²) < 4.78 is 10.7. The highest BCUT2D eigenvalue weighted by Crippen LogP contribution is 2.34. The van der Waals surface area contributed by atoms with Gasteiger partial charge in [-0.3, -0.25) is 19.3 Å². The predicted molar refractivity (Wildman–Crippen MR) is 117 cm³/mol. The molecule has 30 heavy (non-hydrogen) atoms. The molecular weight excluding hydrogens is 404 g/mol. The fourth-order valence-electron chi connectivity index (χ4n) is 3.19. The molecule has 0 aliphatic carbocycles. The first-order valence-electron chi connectivity index (χ1n) is 9.50. The molecule has 0 aromatic heterocycles. The molecular formula is C22H26N2O5S. The second-order valence-electron chi connectivity index (χ2n) is 7.16. The van der Waals surface area contributed by atoms with Crippen LogP contribution in [0.1, 0.15) is 33.3 Å². The van der Waals surface area contributed by atoms with Crippen molar-refractivity contribution in [2.45, 2.75) is 39.8 Å². The van der Waals surface area contributed by atoms with Crippen molar-refractivity contribution in [2.75, 3.05) is 20.3 Å². The van der Waals surface area contributed by atoms with E-state index in [-0.39, 0.29) is 36.0 Å². The molecule has 1 aliphatic heterocycles. The van der Waals surface area contributed by atoms with Crippen LogP contribution >= 0.6 is 11.8 Å². The van der Waals surface area contributed by atoms with Crippen molar-refractivity contribution in [3.63, 3.8) is 0 Å². The van der Waals surface area contributed by atoms with E-state index in [1.165, 1.54) is 7.11 Å². The molecule has 7 nitrogen and oxygen atoms in total. The molecule has 2 rings (SSSR count). The number of carbonyl (C=O) groups is 3. The summed E-state index contributed by atoms with van der Waals surface area (Å²) in [4.78, 5) is 40.7. The molecule has 8 heteroatoms. The Morgan fingerprint density at radius 2 is 1.90 bits per heavy atom. The average molecular weight is 431 g/mol. The number of imide groups is 1. The molecule has 1 fully saturated rings. The molecule has 1 aromatic rings. The molecule has 0 radical (unpaired) electrons.